The van der Waals surface area contributed by atoms with Crippen LogP contribution in [0.25, 0.3) is 0 Å². The van der Waals surface area contributed by atoms with E-state index < -0.39 is 0 Å². The molecule has 0 aliphatic carbocycles. The number of hydrogen-bond donors (Lipinski definition) is 2. The van der Waals surface area contributed by atoms with Crippen LogP contribution in [0.1, 0.15) is 5.56 Å². The third kappa shape index (κ3) is 2.75. The lowest BCUT2D eigenvalue weighted by Gasteiger charge is -2.13. The first-order valence-corrected chi connectivity index (χ1v) is 6.01. The van der Waals surface area contributed by atoms with Gasteiger partial charge in [-0.2, -0.15) is 5.10 Å². The summed E-state index contributed by atoms with van der Waals surface area (Å²) in [7, 11) is 0. The lowest BCUT2D eigenvalue weighted by Crippen LogP contribution is -2.37. The van der Waals surface area contributed by atoms with Gasteiger partial charge in [0.05, 0.1) is 17.8 Å². The SMILES string of the molecule is O=C(CN1CSCC1=O)NCc1cn[nH]c1. The van der Waals surface area contributed by atoms with E-state index >= 15 is 0 Å². The van der Waals surface area contributed by atoms with E-state index in [1.165, 1.54) is 11.8 Å². The highest BCUT2D eigenvalue weighted by molar-refractivity contribution is 8.00. The van der Waals surface area contributed by atoms with Gasteiger partial charge in [0.2, 0.25) is 11.8 Å². The molecule has 0 radical (unpaired) electrons. The normalized spacial score (nSPS) is 15.5. The molecule has 16 heavy (non-hydrogen) atoms. The zero-order valence-electron chi connectivity index (χ0n) is 8.60. The van der Waals surface area contributed by atoms with E-state index in [2.05, 4.69) is 15.5 Å². The first kappa shape index (κ1) is 11.0. The van der Waals surface area contributed by atoms with Gasteiger partial charge in [0.15, 0.2) is 0 Å². The lowest BCUT2D eigenvalue weighted by atomic mass is 10.3. The van der Waals surface area contributed by atoms with E-state index in [0.29, 0.717) is 18.2 Å². The van der Waals surface area contributed by atoms with Gasteiger partial charge in [-0.25, -0.2) is 0 Å². The predicted molar refractivity (Wildman–Crippen MR) is 59.5 cm³/mol. The highest BCUT2D eigenvalue weighted by Gasteiger charge is 2.22. The summed E-state index contributed by atoms with van der Waals surface area (Å²) in [5.74, 6) is 0.980. The number of aromatic amines is 1. The van der Waals surface area contributed by atoms with Gasteiger partial charge in [-0.05, 0) is 0 Å². The second-order valence-electron chi connectivity index (χ2n) is 3.45. The van der Waals surface area contributed by atoms with Gasteiger partial charge in [0.1, 0.15) is 6.54 Å². The minimum absolute atomic E-state index is 0.0310. The molecule has 1 aromatic rings. The number of carbonyl (C=O) groups excluding carboxylic acids is 2. The van der Waals surface area contributed by atoms with Crippen LogP contribution in [-0.2, 0) is 16.1 Å². The molecule has 0 aromatic carbocycles. The number of aromatic nitrogens is 2. The molecule has 7 heteroatoms. The summed E-state index contributed by atoms with van der Waals surface area (Å²) in [5.41, 5.74) is 0.912. The Labute approximate surface area is 96.8 Å². The van der Waals surface area contributed by atoms with Crippen molar-refractivity contribution in [3.63, 3.8) is 0 Å². The van der Waals surface area contributed by atoms with Crippen LogP contribution in [-0.4, -0.2) is 45.1 Å². The third-order valence-corrected chi connectivity index (χ3v) is 3.15. The number of rotatable bonds is 4. The Morgan fingerprint density at radius 1 is 1.69 bits per heavy atom. The Hall–Kier alpha value is -1.50. The summed E-state index contributed by atoms with van der Waals surface area (Å²) < 4.78 is 0. The van der Waals surface area contributed by atoms with Crippen molar-refractivity contribution >= 4 is 23.6 Å². The van der Waals surface area contributed by atoms with Crippen LogP contribution in [0.15, 0.2) is 12.4 Å². The number of amides is 2. The fourth-order valence-electron chi connectivity index (χ4n) is 1.34. The maximum atomic E-state index is 11.5. The third-order valence-electron chi connectivity index (χ3n) is 2.20. The van der Waals surface area contributed by atoms with Crippen LogP contribution >= 0.6 is 11.8 Å². The molecule has 2 heterocycles. The summed E-state index contributed by atoms with van der Waals surface area (Å²) in [5, 5.41) is 9.17. The van der Waals surface area contributed by atoms with E-state index in [0.717, 1.165) is 5.56 Å². The number of hydrogen-bond acceptors (Lipinski definition) is 4. The highest BCUT2D eigenvalue weighted by Crippen LogP contribution is 2.13. The summed E-state index contributed by atoms with van der Waals surface area (Å²) in [6, 6.07) is 0. The Kier molecular flexibility index (Phi) is 3.45. The number of nitrogens with zero attached hydrogens (tertiary/aromatic N) is 2. The molecular weight excluding hydrogens is 228 g/mol. The molecule has 2 rings (SSSR count). The van der Waals surface area contributed by atoms with Gasteiger partial charge in [0.25, 0.3) is 0 Å². The quantitative estimate of drug-likeness (QED) is 0.748. The van der Waals surface area contributed by atoms with Crippen molar-refractivity contribution in [1.29, 1.82) is 0 Å². The maximum absolute atomic E-state index is 11.5. The summed E-state index contributed by atoms with van der Waals surface area (Å²) in [6.07, 6.45) is 3.37. The molecule has 0 atom stereocenters. The Morgan fingerprint density at radius 3 is 3.19 bits per heavy atom. The molecule has 1 aliphatic rings. The van der Waals surface area contributed by atoms with Gasteiger partial charge in [-0.1, -0.05) is 0 Å². The minimum atomic E-state index is -0.142. The smallest absolute Gasteiger partial charge is 0.239 e. The predicted octanol–water partition coefficient (Wildman–Crippen LogP) is -0.441. The molecule has 0 bridgehead atoms. The average Bonchev–Trinajstić information content (AvgIpc) is 2.88. The number of H-pyrrole nitrogens is 1. The second-order valence-corrected chi connectivity index (χ2v) is 4.41. The van der Waals surface area contributed by atoms with Crippen LogP contribution in [0.3, 0.4) is 0 Å². The van der Waals surface area contributed by atoms with Gasteiger partial charge in [-0.3, -0.25) is 14.7 Å². The molecule has 2 amide bonds. The molecule has 6 nitrogen and oxygen atoms in total. The number of carbonyl (C=O) groups is 2. The van der Waals surface area contributed by atoms with E-state index in [-0.39, 0.29) is 18.4 Å². The van der Waals surface area contributed by atoms with Crippen molar-refractivity contribution in [1.82, 2.24) is 20.4 Å². The summed E-state index contributed by atoms with van der Waals surface area (Å²) >= 11 is 1.53. The summed E-state index contributed by atoms with van der Waals surface area (Å²) in [6.45, 7) is 0.578. The van der Waals surface area contributed by atoms with Crippen LogP contribution in [0, 0.1) is 0 Å². The molecule has 0 unspecified atom stereocenters. The molecule has 86 valence electrons. The second kappa shape index (κ2) is 5.02. The van der Waals surface area contributed by atoms with Crippen molar-refractivity contribution in [2.75, 3.05) is 18.2 Å². The van der Waals surface area contributed by atoms with Crippen LogP contribution in [0.4, 0.5) is 0 Å². The van der Waals surface area contributed by atoms with E-state index in [1.54, 1.807) is 17.3 Å². The monoisotopic (exact) mass is 240 g/mol. The maximum Gasteiger partial charge on any atom is 0.239 e. The van der Waals surface area contributed by atoms with E-state index in [4.69, 9.17) is 0 Å². The largest absolute Gasteiger partial charge is 0.350 e. The van der Waals surface area contributed by atoms with Crippen molar-refractivity contribution in [2.45, 2.75) is 6.54 Å². The van der Waals surface area contributed by atoms with Crippen molar-refractivity contribution in [2.24, 2.45) is 0 Å². The van der Waals surface area contributed by atoms with Crippen LogP contribution < -0.4 is 5.32 Å². The van der Waals surface area contributed by atoms with Gasteiger partial charge >= 0.3 is 0 Å². The van der Waals surface area contributed by atoms with Crippen LogP contribution in [0.2, 0.25) is 0 Å². The molecule has 1 aliphatic heterocycles. The molecule has 1 saturated heterocycles. The molecule has 1 aromatic heterocycles. The van der Waals surface area contributed by atoms with Crippen LogP contribution in [0.5, 0.6) is 0 Å². The molecule has 1 fully saturated rings. The lowest BCUT2D eigenvalue weighted by molar-refractivity contribution is -0.132. The number of nitrogens with one attached hydrogen (secondary N) is 2. The van der Waals surface area contributed by atoms with Gasteiger partial charge < -0.3 is 10.2 Å². The zero-order valence-corrected chi connectivity index (χ0v) is 9.42. The highest BCUT2D eigenvalue weighted by atomic mass is 32.2. The Bertz CT molecular complexity index is 379. The molecule has 2 N–H and O–H groups in total. The molecular formula is C9H12N4O2S. The van der Waals surface area contributed by atoms with E-state index in [9.17, 15) is 9.59 Å². The zero-order chi connectivity index (χ0) is 11.4. The Balaban J connectivity index is 1.74. The molecule has 0 saturated carbocycles. The van der Waals surface area contributed by atoms with E-state index in [1.807, 2.05) is 0 Å². The van der Waals surface area contributed by atoms with Gasteiger partial charge in [0, 0.05) is 18.3 Å². The number of thioether (sulfide) groups is 1. The average molecular weight is 240 g/mol. The first-order valence-electron chi connectivity index (χ1n) is 4.85. The summed E-state index contributed by atoms with van der Waals surface area (Å²) in [4.78, 5) is 24.3. The Morgan fingerprint density at radius 2 is 2.56 bits per heavy atom. The topological polar surface area (TPSA) is 78.1 Å². The minimum Gasteiger partial charge on any atom is -0.350 e. The molecule has 0 spiro atoms. The standard InChI is InChI=1S/C9H12N4O2S/c14-8(4-13-6-16-5-9(13)15)10-1-7-2-11-12-3-7/h2-3H,1,4-6H2,(H,10,14)(H,11,12). The van der Waals surface area contributed by atoms with Crippen molar-refractivity contribution in [3.8, 4) is 0 Å². The van der Waals surface area contributed by atoms with Crippen molar-refractivity contribution < 1.29 is 9.59 Å². The fourth-order valence-corrected chi connectivity index (χ4v) is 2.25. The fraction of sp³-hybridized carbons (Fsp3) is 0.444. The van der Waals surface area contributed by atoms with Crippen molar-refractivity contribution in [3.05, 3.63) is 18.0 Å². The van der Waals surface area contributed by atoms with Gasteiger partial charge in [-0.15, -0.1) is 11.8 Å². The first-order chi connectivity index (χ1) is 7.75.